The fourth-order valence-electron chi connectivity index (χ4n) is 3.47. The molecule has 1 unspecified atom stereocenters. The first-order valence-electron chi connectivity index (χ1n) is 10.7. The monoisotopic (exact) mass is 467 g/mol. The Bertz CT molecular complexity index is 1280. The Labute approximate surface area is 196 Å². The molecule has 0 bridgehead atoms. The Kier molecular flexibility index (Phi) is 6.55. The maximum Gasteiger partial charge on any atom is 0.265 e. The van der Waals surface area contributed by atoms with E-state index in [0.29, 0.717) is 40.1 Å². The number of anilines is 1. The van der Waals surface area contributed by atoms with Crippen molar-refractivity contribution in [2.75, 3.05) is 5.32 Å². The van der Waals surface area contributed by atoms with E-state index in [0.717, 1.165) is 16.8 Å². The Morgan fingerprint density at radius 1 is 1.15 bits per heavy atom. The first-order chi connectivity index (χ1) is 15.9. The molecule has 0 spiro atoms. The number of carbonyl (C=O) groups excluding carboxylic acids is 1. The average molecular weight is 468 g/mol. The number of nitrogens with one attached hydrogen (secondary N) is 2. The third-order valence-corrected chi connectivity index (χ3v) is 5.74. The fraction of sp³-hybridized carbons (Fsp3) is 0.292. The number of halogens is 1. The Morgan fingerprint density at radius 3 is 2.61 bits per heavy atom. The summed E-state index contributed by atoms with van der Waals surface area (Å²) < 4.78 is 13.5. The van der Waals surface area contributed by atoms with Crippen molar-refractivity contribution < 1.29 is 14.3 Å². The molecule has 172 valence electrons. The minimum atomic E-state index is -0.589. The smallest absolute Gasteiger partial charge is 0.265 e. The van der Waals surface area contributed by atoms with Crippen molar-refractivity contribution >= 4 is 28.8 Å². The van der Waals surface area contributed by atoms with Gasteiger partial charge < -0.3 is 14.8 Å². The molecule has 8 nitrogen and oxygen atoms in total. The summed E-state index contributed by atoms with van der Waals surface area (Å²) in [6.45, 7) is 8.00. The van der Waals surface area contributed by atoms with Crippen molar-refractivity contribution in [2.45, 2.75) is 46.8 Å². The zero-order valence-electron chi connectivity index (χ0n) is 19.0. The van der Waals surface area contributed by atoms with Crippen molar-refractivity contribution in [1.29, 1.82) is 0 Å². The standard InChI is InChI=1S/C24H26ClN5O3/c1-5-19(33-20-11-6-14(2)12-15(20)3)24(31)26-17-7-9-18(10-8-17)32-13-21-27-28-23-22(25)16(4)29-30(21)23/h6-12,19,29H,5,13H2,1-4H3,(H,26,31). The summed E-state index contributed by atoms with van der Waals surface area (Å²) in [7, 11) is 0. The molecule has 33 heavy (non-hydrogen) atoms. The first kappa shape index (κ1) is 22.7. The van der Waals surface area contributed by atoms with Crippen molar-refractivity contribution in [1.82, 2.24) is 19.8 Å². The molecule has 9 heteroatoms. The summed E-state index contributed by atoms with van der Waals surface area (Å²) in [5, 5.41) is 14.7. The average Bonchev–Trinajstić information content (AvgIpc) is 3.32. The van der Waals surface area contributed by atoms with Crippen LogP contribution in [0.2, 0.25) is 5.02 Å². The molecule has 1 atom stereocenters. The zero-order chi connectivity index (χ0) is 23.5. The van der Waals surface area contributed by atoms with E-state index in [2.05, 4.69) is 20.6 Å². The van der Waals surface area contributed by atoms with Gasteiger partial charge in [0.25, 0.3) is 5.91 Å². The molecule has 0 saturated heterocycles. The van der Waals surface area contributed by atoms with Crippen LogP contribution in [0.25, 0.3) is 5.65 Å². The molecule has 1 amide bonds. The number of aryl methyl sites for hydroxylation is 3. The summed E-state index contributed by atoms with van der Waals surface area (Å²) in [5.41, 5.74) is 4.20. The predicted molar refractivity (Wildman–Crippen MR) is 127 cm³/mol. The van der Waals surface area contributed by atoms with Crippen LogP contribution in [0.4, 0.5) is 5.69 Å². The number of ether oxygens (including phenoxy) is 2. The van der Waals surface area contributed by atoms with E-state index in [1.807, 2.05) is 45.9 Å². The predicted octanol–water partition coefficient (Wildman–Crippen LogP) is 5.01. The quantitative estimate of drug-likeness (QED) is 0.380. The van der Waals surface area contributed by atoms with Gasteiger partial charge in [-0.3, -0.25) is 9.89 Å². The van der Waals surface area contributed by atoms with Crippen LogP contribution in [0.15, 0.2) is 42.5 Å². The third kappa shape index (κ3) is 4.96. The van der Waals surface area contributed by atoms with Crippen LogP contribution < -0.4 is 14.8 Å². The summed E-state index contributed by atoms with van der Waals surface area (Å²) in [6.07, 6.45) is -0.0381. The zero-order valence-corrected chi connectivity index (χ0v) is 19.7. The van der Waals surface area contributed by atoms with E-state index in [-0.39, 0.29) is 12.5 Å². The van der Waals surface area contributed by atoms with Crippen LogP contribution in [0, 0.1) is 20.8 Å². The first-order valence-corrected chi connectivity index (χ1v) is 11.1. The Hall–Kier alpha value is -3.52. The molecule has 4 aromatic rings. The molecule has 4 rings (SSSR count). The van der Waals surface area contributed by atoms with Gasteiger partial charge in [-0.1, -0.05) is 36.2 Å². The number of aromatic amines is 1. The van der Waals surface area contributed by atoms with Gasteiger partial charge in [0.05, 0.1) is 5.69 Å². The summed E-state index contributed by atoms with van der Waals surface area (Å²) >= 11 is 6.18. The van der Waals surface area contributed by atoms with Crippen LogP contribution in [0.5, 0.6) is 11.5 Å². The number of carbonyl (C=O) groups is 1. The molecule has 2 N–H and O–H groups in total. The van der Waals surface area contributed by atoms with Crippen molar-refractivity contribution in [3.8, 4) is 11.5 Å². The molecule has 2 aromatic heterocycles. The number of rotatable bonds is 8. The lowest BCUT2D eigenvalue weighted by molar-refractivity contribution is -0.122. The molecular formula is C24H26ClN5O3. The van der Waals surface area contributed by atoms with Gasteiger partial charge in [0, 0.05) is 5.69 Å². The third-order valence-electron chi connectivity index (χ3n) is 5.29. The number of hydrogen-bond acceptors (Lipinski definition) is 5. The maximum absolute atomic E-state index is 12.7. The molecule has 2 heterocycles. The fourth-order valence-corrected chi connectivity index (χ4v) is 3.63. The highest BCUT2D eigenvalue weighted by atomic mass is 35.5. The van der Waals surface area contributed by atoms with Crippen LogP contribution in [-0.4, -0.2) is 31.8 Å². The summed E-state index contributed by atoms with van der Waals surface area (Å²) in [4.78, 5) is 12.7. The van der Waals surface area contributed by atoms with Crippen molar-refractivity contribution in [3.63, 3.8) is 0 Å². The van der Waals surface area contributed by atoms with Gasteiger partial charge in [-0.2, -0.15) is 0 Å². The van der Waals surface area contributed by atoms with E-state index in [4.69, 9.17) is 21.1 Å². The van der Waals surface area contributed by atoms with E-state index in [1.54, 1.807) is 28.8 Å². The van der Waals surface area contributed by atoms with Gasteiger partial charge in [0.2, 0.25) is 0 Å². The Balaban J connectivity index is 1.36. The largest absolute Gasteiger partial charge is 0.486 e. The molecule has 0 aliphatic rings. The minimum Gasteiger partial charge on any atom is -0.486 e. The molecule has 0 radical (unpaired) electrons. The van der Waals surface area contributed by atoms with Crippen LogP contribution in [-0.2, 0) is 11.4 Å². The minimum absolute atomic E-state index is 0.198. The highest BCUT2D eigenvalue weighted by molar-refractivity contribution is 6.34. The second kappa shape index (κ2) is 9.54. The maximum atomic E-state index is 12.7. The lowest BCUT2D eigenvalue weighted by atomic mass is 10.1. The van der Waals surface area contributed by atoms with Crippen LogP contribution >= 0.6 is 11.6 Å². The van der Waals surface area contributed by atoms with Gasteiger partial charge >= 0.3 is 0 Å². The van der Waals surface area contributed by atoms with E-state index in [1.165, 1.54) is 0 Å². The molecular weight excluding hydrogens is 442 g/mol. The highest BCUT2D eigenvalue weighted by Crippen LogP contribution is 2.23. The van der Waals surface area contributed by atoms with E-state index < -0.39 is 6.10 Å². The summed E-state index contributed by atoms with van der Waals surface area (Å²) in [6, 6.07) is 13.0. The number of nitrogens with zero attached hydrogens (tertiary/aromatic N) is 3. The SMILES string of the molecule is CCC(Oc1ccc(C)cc1C)C(=O)Nc1ccc(OCc2nnc3c(Cl)c(C)[nH]n23)cc1. The van der Waals surface area contributed by atoms with Gasteiger partial charge in [-0.15, -0.1) is 10.2 Å². The van der Waals surface area contributed by atoms with Crippen LogP contribution in [0.1, 0.15) is 36.0 Å². The lowest BCUT2D eigenvalue weighted by Gasteiger charge is -2.19. The molecule has 0 fully saturated rings. The van der Waals surface area contributed by atoms with Gasteiger partial charge in [-0.25, -0.2) is 4.52 Å². The molecule has 0 aliphatic heterocycles. The molecule has 0 aliphatic carbocycles. The van der Waals surface area contributed by atoms with Crippen molar-refractivity contribution in [3.05, 3.63) is 70.1 Å². The second-order valence-corrected chi connectivity index (χ2v) is 8.29. The number of hydrogen-bond donors (Lipinski definition) is 2. The van der Waals surface area contributed by atoms with Gasteiger partial charge in [0.15, 0.2) is 17.6 Å². The van der Waals surface area contributed by atoms with Gasteiger partial charge in [0.1, 0.15) is 23.1 Å². The van der Waals surface area contributed by atoms with E-state index >= 15 is 0 Å². The number of fused-ring (bicyclic) bond motifs is 1. The molecule has 0 saturated carbocycles. The topological polar surface area (TPSA) is 93.5 Å². The second-order valence-electron chi connectivity index (χ2n) is 7.91. The summed E-state index contributed by atoms with van der Waals surface area (Å²) in [5.74, 6) is 1.76. The number of H-pyrrole nitrogens is 1. The van der Waals surface area contributed by atoms with E-state index in [9.17, 15) is 4.79 Å². The number of aromatic nitrogens is 4. The van der Waals surface area contributed by atoms with Gasteiger partial charge in [-0.05, 0) is 63.1 Å². The molecule has 2 aromatic carbocycles. The lowest BCUT2D eigenvalue weighted by Crippen LogP contribution is -2.32. The highest BCUT2D eigenvalue weighted by Gasteiger charge is 2.19. The van der Waals surface area contributed by atoms with Crippen LogP contribution in [0.3, 0.4) is 0 Å². The Morgan fingerprint density at radius 2 is 1.91 bits per heavy atom. The number of benzene rings is 2. The normalized spacial score (nSPS) is 12.0. The number of amides is 1. The van der Waals surface area contributed by atoms with Crippen molar-refractivity contribution in [2.24, 2.45) is 0 Å².